The van der Waals surface area contributed by atoms with E-state index in [1.165, 1.54) is 29.8 Å². The SMILES string of the molecule is CONC1CC1.O=CCn1cnc2c(F)cc(C(=O)O)cc21. The highest BCUT2D eigenvalue weighted by atomic mass is 19.1. The van der Waals surface area contributed by atoms with E-state index in [4.69, 9.17) is 5.11 Å². The summed E-state index contributed by atoms with van der Waals surface area (Å²) in [7, 11) is 1.65. The Morgan fingerprint density at radius 3 is 2.82 bits per heavy atom. The number of aromatic carboxylic acids is 1. The van der Waals surface area contributed by atoms with Crippen molar-refractivity contribution in [3.63, 3.8) is 0 Å². The zero-order chi connectivity index (χ0) is 16.1. The van der Waals surface area contributed by atoms with Crippen LogP contribution in [0.1, 0.15) is 23.2 Å². The number of carbonyl (C=O) groups is 2. The molecule has 1 aromatic carbocycles. The Kier molecular flexibility index (Phi) is 5.18. The molecule has 0 radical (unpaired) electrons. The van der Waals surface area contributed by atoms with E-state index in [9.17, 15) is 14.0 Å². The molecule has 0 unspecified atom stereocenters. The number of halogens is 1. The average Bonchev–Trinajstić information content (AvgIpc) is 3.20. The van der Waals surface area contributed by atoms with Crippen LogP contribution < -0.4 is 5.48 Å². The number of benzene rings is 1. The van der Waals surface area contributed by atoms with Crippen LogP contribution >= 0.6 is 0 Å². The van der Waals surface area contributed by atoms with Gasteiger partial charge in [0.1, 0.15) is 11.8 Å². The van der Waals surface area contributed by atoms with Crippen molar-refractivity contribution in [2.45, 2.75) is 25.4 Å². The van der Waals surface area contributed by atoms with Gasteiger partial charge in [-0.1, -0.05) is 0 Å². The number of nitrogens with zero attached hydrogens (tertiary/aromatic N) is 2. The topological polar surface area (TPSA) is 93.5 Å². The second-order valence-electron chi connectivity index (χ2n) is 4.79. The lowest BCUT2D eigenvalue weighted by molar-refractivity contribution is -0.108. The Labute approximate surface area is 125 Å². The van der Waals surface area contributed by atoms with Crippen molar-refractivity contribution in [1.29, 1.82) is 0 Å². The lowest BCUT2D eigenvalue weighted by Gasteiger charge is -2.00. The quantitative estimate of drug-likeness (QED) is 0.640. The van der Waals surface area contributed by atoms with Crippen LogP contribution in [0.4, 0.5) is 4.39 Å². The first-order valence-electron chi connectivity index (χ1n) is 6.66. The zero-order valence-corrected chi connectivity index (χ0v) is 12.0. The maximum absolute atomic E-state index is 13.4. The molecule has 8 heteroatoms. The predicted octanol–water partition coefficient (Wildman–Crippen LogP) is 1.37. The predicted molar refractivity (Wildman–Crippen MR) is 75.9 cm³/mol. The summed E-state index contributed by atoms with van der Waals surface area (Å²) in [4.78, 5) is 29.5. The molecule has 0 bridgehead atoms. The van der Waals surface area contributed by atoms with Crippen LogP contribution in [0.5, 0.6) is 0 Å². The number of hydrogen-bond donors (Lipinski definition) is 2. The minimum absolute atomic E-state index is 0.0129. The highest BCUT2D eigenvalue weighted by Gasteiger charge is 2.19. The molecule has 0 aliphatic heterocycles. The van der Waals surface area contributed by atoms with Crippen molar-refractivity contribution in [3.05, 3.63) is 29.8 Å². The largest absolute Gasteiger partial charge is 0.478 e. The standard InChI is InChI=1S/C10H7FN2O3.C4H9NO/c11-7-3-6(10(15)16)4-8-9(7)12-5-13(8)1-2-14;1-6-5-4-2-3-4/h2-5H,1H2,(H,15,16);4-5H,2-3H2,1H3. The Bertz CT molecular complexity index is 682. The van der Waals surface area contributed by atoms with Crippen molar-refractivity contribution in [2.24, 2.45) is 0 Å². The summed E-state index contributed by atoms with van der Waals surface area (Å²) in [6.07, 6.45) is 4.50. The number of nitrogens with one attached hydrogen (secondary N) is 1. The van der Waals surface area contributed by atoms with E-state index in [-0.39, 0.29) is 17.6 Å². The summed E-state index contributed by atoms with van der Waals surface area (Å²) in [6.45, 7) is 0.0129. The van der Waals surface area contributed by atoms with Crippen molar-refractivity contribution in [1.82, 2.24) is 15.0 Å². The molecule has 2 aromatic rings. The summed E-state index contributed by atoms with van der Waals surface area (Å²) in [5, 5.41) is 8.76. The van der Waals surface area contributed by atoms with Crippen molar-refractivity contribution < 1.29 is 23.9 Å². The van der Waals surface area contributed by atoms with Crippen LogP contribution in [0, 0.1) is 5.82 Å². The van der Waals surface area contributed by atoms with Gasteiger partial charge in [0.2, 0.25) is 0 Å². The monoisotopic (exact) mass is 309 g/mol. The Morgan fingerprint density at radius 1 is 1.59 bits per heavy atom. The van der Waals surface area contributed by atoms with Crippen LogP contribution in [0.25, 0.3) is 11.0 Å². The molecule has 3 rings (SSSR count). The molecule has 0 spiro atoms. The summed E-state index contributed by atoms with van der Waals surface area (Å²) in [5.74, 6) is -1.93. The van der Waals surface area contributed by atoms with Crippen LogP contribution in [-0.2, 0) is 16.2 Å². The molecule has 0 atom stereocenters. The van der Waals surface area contributed by atoms with Gasteiger partial charge in [-0.15, -0.1) is 0 Å². The minimum Gasteiger partial charge on any atom is -0.478 e. The lowest BCUT2D eigenvalue weighted by Crippen LogP contribution is -2.12. The number of aldehydes is 1. The highest BCUT2D eigenvalue weighted by molar-refractivity contribution is 5.92. The normalized spacial score (nSPS) is 13.5. The first-order valence-corrected chi connectivity index (χ1v) is 6.66. The smallest absolute Gasteiger partial charge is 0.335 e. The minimum atomic E-state index is -1.22. The fourth-order valence-corrected chi connectivity index (χ4v) is 1.84. The number of fused-ring (bicyclic) bond motifs is 1. The van der Waals surface area contributed by atoms with Gasteiger partial charge < -0.3 is 19.3 Å². The van der Waals surface area contributed by atoms with E-state index in [1.54, 1.807) is 7.11 Å². The number of carboxylic acids is 1. The molecule has 1 aliphatic carbocycles. The fraction of sp³-hybridized carbons (Fsp3) is 0.357. The summed E-state index contributed by atoms with van der Waals surface area (Å²) < 4.78 is 14.8. The Hall–Kier alpha value is -2.32. The van der Waals surface area contributed by atoms with Gasteiger partial charge in [-0.25, -0.2) is 14.2 Å². The van der Waals surface area contributed by atoms with Gasteiger partial charge in [0, 0.05) is 6.04 Å². The fourth-order valence-electron chi connectivity index (χ4n) is 1.84. The summed E-state index contributed by atoms with van der Waals surface area (Å²) >= 11 is 0. The second kappa shape index (κ2) is 7.10. The molecule has 118 valence electrons. The zero-order valence-electron chi connectivity index (χ0n) is 12.0. The summed E-state index contributed by atoms with van der Waals surface area (Å²) in [5.41, 5.74) is 3.01. The van der Waals surface area contributed by atoms with Gasteiger partial charge in [-0.3, -0.25) is 0 Å². The van der Waals surface area contributed by atoms with Gasteiger partial charge in [0.25, 0.3) is 0 Å². The molecule has 0 saturated heterocycles. The molecule has 1 heterocycles. The van der Waals surface area contributed by atoms with Gasteiger partial charge >= 0.3 is 5.97 Å². The van der Waals surface area contributed by atoms with E-state index in [0.717, 1.165) is 6.07 Å². The number of imidazole rings is 1. The van der Waals surface area contributed by atoms with E-state index in [2.05, 4.69) is 15.3 Å². The van der Waals surface area contributed by atoms with Gasteiger partial charge in [0.05, 0.1) is 31.1 Å². The molecular formula is C14H16FN3O4. The van der Waals surface area contributed by atoms with Crippen molar-refractivity contribution >= 4 is 23.3 Å². The third kappa shape index (κ3) is 3.86. The molecule has 0 amide bonds. The third-order valence-corrected chi connectivity index (χ3v) is 3.06. The third-order valence-electron chi connectivity index (χ3n) is 3.06. The van der Waals surface area contributed by atoms with E-state index < -0.39 is 11.8 Å². The van der Waals surface area contributed by atoms with Crippen LogP contribution in [-0.4, -0.2) is 40.1 Å². The van der Waals surface area contributed by atoms with E-state index >= 15 is 0 Å². The van der Waals surface area contributed by atoms with Crippen molar-refractivity contribution in [3.8, 4) is 0 Å². The first kappa shape index (κ1) is 16.1. The van der Waals surface area contributed by atoms with Gasteiger partial charge in [-0.05, 0) is 25.0 Å². The number of hydrogen-bond acceptors (Lipinski definition) is 5. The first-order chi connectivity index (χ1) is 10.6. The molecule has 1 fully saturated rings. The maximum atomic E-state index is 13.4. The second-order valence-corrected chi connectivity index (χ2v) is 4.79. The van der Waals surface area contributed by atoms with Crippen molar-refractivity contribution in [2.75, 3.05) is 7.11 Å². The molecule has 1 aliphatic rings. The highest BCUT2D eigenvalue weighted by Crippen LogP contribution is 2.19. The van der Waals surface area contributed by atoms with E-state index in [0.29, 0.717) is 17.8 Å². The average molecular weight is 309 g/mol. The Balaban J connectivity index is 0.000000246. The molecule has 1 aromatic heterocycles. The number of rotatable bonds is 5. The molecule has 7 nitrogen and oxygen atoms in total. The Morgan fingerprint density at radius 2 is 2.32 bits per heavy atom. The molecule has 1 saturated carbocycles. The number of aromatic nitrogens is 2. The van der Waals surface area contributed by atoms with Gasteiger partial charge in [-0.2, -0.15) is 5.48 Å². The van der Waals surface area contributed by atoms with E-state index in [1.807, 2.05) is 0 Å². The number of carbonyl (C=O) groups excluding carboxylic acids is 1. The molecule has 2 N–H and O–H groups in total. The number of hydroxylamine groups is 1. The van der Waals surface area contributed by atoms with Crippen LogP contribution in [0.3, 0.4) is 0 Å². The summed E-state index contributed by atoms with van der Waals surface area (Å²) in [6, 6.07) is 2.87. The van der Waals surface area contributed by atoms with Crippen LogP contribution in [0.15, 0.2) is 18.5 Å². The van der Waals surface area contributed by atoms with Crippen LogP contribution in [0.2, 0.25) is 0 Å². The molecular weight excluding hydrogens is 293 g/mol. The van der Waals surface area contributed by atoms with Gasteiger partial charge in [0.15, 0.2) is 5.82 Å². The number of carboxylic acid groups (broad SMARTS) is 1. The molecule has 22 heavy (non-hydrogen) atoms. The maximum Gasteiger partial charge on any atom is 0.335 e. The lowest BCUT2D eigenvalue weighted by atomic mass is 10.2.